The van der Waals surface area contributed by atoms with Crippen molar-refractivity contribution in [3.63, 3.8) is 0 Å². The number of nitrogens with zero attached hydrogens (tertiary/aromatic N) is 2. The second-order valence-corrected chi connectivity index (χ2v) is 9.11. The first kappa shape index (κ1) is 19.1. The summed E-state index contributed by atoms with van der Waals surface area (Å²) in [5, 5.41) is 18.6. The molecule has 1 N–H and O–H groups in total. The van der Waals surface area contributed by atoms with E-state index < -0.39 is 15.8 Å². The monoisotopic (exact) mass is 413 g/mol. The summed E-state index contributed by atoms with van der Waals surface area (Å²) in [4.78, 5) is 17.2. The molecule has 3 aromatic rings. The van der Waals surface area contributed by atoms with Gasteiger partial charge in [0.1, 0.15) is 29.5 Å². The quantitative estimate of drug-likeness (QED) is 0.402. The van der Waals surface area contributed by atoms with Crippen LogP contribution in [0.4, 0.5) is 11.4 Å². The second-order valence-electron chi connectivity index (χ2n) is 6.56. The average Bonchev–Trinajstić information content (AvgIpc) is 3.22. The van der Waals surface area contributed by atoms with Crippen molar-refractivity contribution in [1.29, 1.82) is 0 Å². The van der Waals surface area contributed by atoms with E-state index in [1.165, 1.54) is 11.3 Å². The maximum atomic E-state index is 13.2. The number of para-hydroxylation sites is 2. The zero-order valence-electron chi connectivity index (χ0n) is 15.0. The van der Waals surface area contributed by atoms with Crippen molar-refractivity contribution in [3.8, 4) is 10.6 Å². The smallest absolute Gasteiger partial charge is 0.275 e. The Kier molecular flexibility index (Phi) is 5.47. The van der Waals surface area contributed by atoms with E-state index in [2.05, 4.69) is 10.3 Å². The molecule has 6 nitrogen and oxygen atoms in total. The van der Waals surface area contributed by atoms with Crippen molar-refractivity contribution in [3.05, 3.63) is 70.9 Å². The molecule has 1 aliphatic heterocycles. The minimum Gasteiger partial charge on any atom is -0.627 e. The third-order valence-electron chi connectivity index (χ3n) is 4.71. The van der Waals surface area contributed by atoms with Crippen molar-refractivity contribution in [2.24, 2.45) is 0 Å². The SMILES string of the molecule is O=C(Nc1ccccc1[N+]1([O-])CC[S+]([O-])CC1)c1csc(-c2ccccc2)n1. The van der Waals surface area contributed by atoms with Gasteiger partial charge in [-0.05, 0) is 17.2 Å². The van der Waals surface area contributed by atoms with E-state index >= 15 is 0 Å². The highest BCUT2D eigenvalue weighted by Gasteiger charge is 2.32. The molecule has 1 amide bonds. The first-order valence-electron chi connectivity index (χ1n) is 8.90. The lowest BCUT2D eigenvalue weighted by molar-refractivity contribution is 0.102. The molecular weight excluding hydrogens is 394 g/mol. The molecule has 144 valence electrons. The highest BCUT2D eigenvalue weighted by Crippen LogP contribution is 2.33. The topological polar surface area (TPSA) is 88.1 Å². The van der Waals surface area contributed by atoms with Gasteiger partial charge >= 0.3 is 0 Å². The maximum Gasteiger partial charge on any atom is 0.275 e. The third-order valence-corrected chi connectivity index (χ3v) is 6.88. The number of anilines is 1. The summed E-state index contributed by atoms with van der Waals surface area (Å²) in [6.45, 7) is 0.489. The fourth-order valence-electron chi connectivity index (χ4n) is 3.17. The van der Waals surface area contributed by atoms with Gasteiger partial charge < -0.3 is 19.7 Å². The van der Waals surface area contributed by atoms with E-state index in [0.29, 0.717) is 28.6 Å². The second kappa shape index (κ2) is 8.02. The van der Waals surface area contributed by atoms with Crippen LogP contribution in [0.5, 0.6) is 0 Å². The molecule has 0 saturated carbocycles. The van der Waals surface area contributed by atoms with E-state index in [4.69, 9.17) is 0 Å². The van der Waals surface area contributed by atoms with Gasteiger partial charge in [0.25, 0.3) is 5.91 Å². The number of benzene rings is 2. The fraction of sp³-hybridized carbons (Fsp3) is 0.200. The predicted molar refractivity (Wildman–Crippen MR) is 115 cm³/mol. The van der Waals surface area contributed by atoms with E-state index in [1.54, 1.807) is 29.6 Å². The van der Waals surface area contributed by atoms with Crippen molar-refractivity contribution in [1.82, 2.24) is 9.63 Å². The van der Waals surface area contributed by atoms with Crippen LogP contribution in [0.1, 0.15) is 10.5 Å². The number of carbonyl (C=O) groups excluding carboxylic acids is 1. The minimum atomic E-state index is -0.935. The summed E-state index contributed by atoms with van der Waals surface area (Å²) >= 11 is 0.467. The van der Waals surface area contributed by atoms with Crippen LogP contribution in [-0.4, -0.2) is 40.0 Å². The Labute approximate surface area is 170 Å². The summed E-state index contributed by atoms with van der Waals surface area (Å²) in [7, 11) is 0. The minimum absolute atomic E-state index is 0.244. The standard InChI is InChI=1S/C20H19N3O3S2/c24-19(17-14-27-20(22-17)15-6-2-1-3-7-15)21-16-8-4-5-9-18(16)23(25)10-12-28(26)13-11-23/h1-9,14H,10-13H2,(H,21,24). The van der Waals surface area contributed by atoms with E-state index in [-0.39, 0.29) is 19.0 Å². The van der Waals surface area contributed by atoms with Crippen LogP contribution >= 0.6 is 11.3 Å². The molecule has 1 aromatic heterocycles. The van der Waals surface area contributed by atoms with Crippen LogP contribution < -0.4 is 9.96 Å². The molecule has 2 aromatic carbocycles. The molecule has 1 fully saturated rings. The van der Waals surface area contributed by atoms with Gasteiger partial charge in [-0.2, -0.15) is 0 Å². The van der Waals surface area contributed by atoms with Crippen LogP contribution in [0.25, 0.3) is 10.6 Å². The van der Waals surface area contributed by atoms with Gasteiger partial charge in [0.2, 0.25) is 0 Å². The average molecular weight is 414 g/mol. The molecule has 0 unspecified atom stereocenters. The van der Waals surface area contributed by atoms with Crippen molar-refractivity contribution in [2.75, 3.05) is 29.9 Å². The number of amides is 1. The van der Waals surface area contributed by atoms with Crippen LogP contribution in [0.3, 0.4) is 0 Å². The molecule has 2 heterocycles. The number of hydrogen-bond acceptors (Lipinski definition) is 5. The molecule has 8 heteroatoms. The highest BCUT2D eigenvalue weighted by molar-refractivity contribution is 7.91. The Balaban J connectivity index is 1.55. The molecule has 0 atom stereocenters. The number of nitrogens with one attached hydrogen (secondary N) is 1. The summed E-state index contributed by atoms with van der Waals surface area (Å²) in [5.41, 5.74) is 2.24. The Morgan fingerprint density at radius 3 is 2.50 bits per heavy atom. The Bertz CT molecular complexity index is 970. The van der Waals surface area contributed by atoms with Gasteiger partial charge in [0.15, 0.2) is 17.2 Å². The van der Waals surface area contributed by atoms with Gasteiger partial charge in [0.05, 0.1) is 0 Å². The highest BCUT2D eigenvalue weighted by atomic mass is 32.2. The first-order chi connectivity index (χ1) is 13.5. The summed E-state index contributed by atoms with van der Waals surface area (Å²) in [5.74, 6) is 0.398. The maximum absolute atomic E-state index is 13.2. The Morgan fingerprint density at radius 1 is 1.07 bits per heavy atom. The summed E-state index contributed by atoms with van der Waals surface area (Å²) in [6.07, 6.45) is 0. The number of quaternary nitrogens is 1. The molecule has 4 rings (SSSR count). The van der Waals surface area contributed by atoms with Gasteiger partial charge in [0, 0.05) is 17.0 Å². The predicted octanol–water partition coefficient (Wildman–Crippen LogP) is 3.63. The number of hydrogen-bond donors (Lipinski definition) is 1. The van der Waals surface area contributed by atoms with E-state index in [0.717, 1.165) is 10.6 Å². The molecular formula is C20H19N3O3S2. The Hall–Kier alpha value is -2.23. The normalized spacial score (nSPS) is 22.0. The van der Waals surface area contributed by atoms with E-state index in [1.807, 2.05) is 30.3 Å². The molecule has 0 radical (unpaired) electrons. The lowest BCUT2D eigenvalue weighted by Gasteiger charge is -2.45. The van der Waals surface area contributed by atoms with Crippen LogP contribution in [0, 0.1) is 5.21 Å². The molecule has 28 heavy (non-hydrogen) atoms. The number of thiazole rings is 1. The van der Waals surface area contributed by atoms with Gasteiger partial charge in [-0.15, -0.1) is 11.3 Å². The molecule has 1 aliphatic rings. The third kappa shape index (κ3) is 3.96. The van der Waals surface area contributed by atoms with Gasteiger partial charge in [-0.3, -0.25) is 4.79 Å². The Morgan fingerprint density at radius 2 is 1.75 bits per heavy atom. The fourth-order valence-corrected chi connectivity index (χ4v) is 5.17. The van der Waals surface area contributed by atoms with Gasteiger partial charge in [-0.1, -0.05) is 42.5 Å². The summed E-state index contributed by atoms with van der Waals surface area (Å²) in [6, 6.07) is 16.7. The molecule has 0 aliphatic carbocycles. The number of hydroxylamine groups is 2. The van der Waals surface area contributed by atoms with Crippen LogP contribution in [0.2, 0.25) is 0 Å². The number of carbonyl (C=O) groups is 1. The molecule has 0 bridgehead atoms. The van der Waals surface area contributed by atoms with Crippen molar-refractivity contribution >= 4 is 39.8 Å². The largest absolute Gasteiger partial charge is 0.627 e. The lowest BCUT2D eigenvalue weighted by atomic mass is 10.2. The molecule has 1 saturated heterocycles. The van der Waals surface area contributed by atoms with Crippen molar-refractivity contribution in [2.45, 2.75) is 0 Å². The van der Waals surface area contributed by atoms with Crippen LogP contribution in [-0.2, 0) is 11.2 Å². The molecule has 0 spiro atoms. The zero-order valence-corrected chi connectivity index (χ0v) is 16.7. The number of aromatic nitrogens is 1. The summed E-state index contributed by atoms with van der Waals surface area (Å²) < 4.78 is 11.1. The van der Waals surface area contributed by atoms with Gasteiger partial charge in [-0.25, -0.2) is 4.98 Å². The van der Waals surface area contributed by atoms with Crippen LogP contribution in [0.15, 0.2) is 60.0 Å². The van der Waals surface area contributed by atoms with Crippen molar-refractivity contribution < 1.29 is 9.35 Å². The van der Waals surface area contributed by atoms with E-state index in [9.17, 15) is 14.6 Å². The number of rotatable bonds is 4. The first-order valence-corrected chi connectivity index (χ1v) is 11.3. The lowest BCUT2D eigenvalue weighted by Crippen LogP contribution is -2.54. The zero-order chi connectivity index (χ0) is 19.6.